The van der Waals surface area contributed by atoms with Crippen molar-refractivity contribution in [3.8, 4) is 0 Å². The predicted molar refractivity (Wildman–Crippen MR) is 48.5 cm³/mol. The van der Waals surface area contributed by atoms with Crippen LogP contribution in [0.25, 0.3) is 0 Å². The Hall–Kier alpha value is 0.340. The van der Waals surface area contributed by atoms with E-state index in [9.17, 15) is 22.9 Å². The van der Waals surface area contributed by atoms with Crippen molar-refractivity contribution in [1.82, 2.24) is 0 Å². The Morgan fingerprint density at radius 1 is 1.50 bits per heavy atom. The molecule has 88 valence electrons. The first-order valence-corrected chi connectivity index (χ1v) is 5.81. The number of methoxy groups -OCH3 is 1. The van der Waals surface area contributed by atoms with Gasteiger partial charge in [0.05, 0.1) is 13.0 Å². The molecule has 0 aromatic rings. The average Bonchev–Trinajstić information content (AvgIpc) is 2.64. The Morgan fingerprint density at radius 2 is 1.94 bits per heavy atom. The van der Waals surface area contributed by atoms with E-state index in [4.69, 9.17) is 0 Å². The van der Waals surface area contributed by atoms with E-state index in [1.165, 1.54) is 7.11 Å². The molecule has 1 aliphatic carbocycles. The SMILES string of the molecule is COC(=O)C1C(C(O)S(=O)(=O)[O-])C1(C)C.[Na+]. The van der Waals surface area contributed by atoms with E-state index in [-0.39, 0.29) is 29.6 Å². The number of carbonyl (C=O) groups is 1. The number of hydrogen-bond donors (Lipinski definition) is 1. The first-order chi connectivity index (χ1) is 6.64. The molecule has 0 aliphatic heterocycles. The Kier molecular flexibility index (Phi) is 5.02. The molecule has 1 fully saturated rings. The number of esters is 1. The molecular weight excluding hydrogens is 247 g/mol. The fraction of sp³-hybridized carbons (Fsp3) is 0.875. The van der Waals surface area contributed by atoms with Crippen LogP contribution in [0.15, 0.2) is 0 Å². The van der Waals surface area contributed by atoms with Gasteiger partial charge in [0.2, 0.25) is 0 Å². The molecule has 1 aliphatic rings. The maximum absolute atomic E-state index is 11.2. The topological polar surface area (TPSA) is 104 Å². The van der Waals surface area contributed by atoms with E-state index >= 15 is 0 Å². The molecule has 16 heavy (non-hydrogen) atoms. The largest absolute Gasteiger partial charge is 1.00 e. The second-order valence-electron chi connectivity index (χ2n) is 4.23. The summed E-state index contributed by atoms with van der Waals surface area (Å²) in [7, 11) is -3.62. The third-order valence-electron chi connectivity index (χ3n) is 2.97. The van der Waals surface area contributed by atoms with Crippen LogP contribution < -0.4 is 29.6 Å². The fourth-order valence-corrected chi connectivity index (χ4v) is 2.83. The van der Waals surface area contributed by atoms with Gasteiger partial charge in [-0.3, -0.25) is 4.79 Å². The minimum absolute atomic E-state index is 0. The van der Waals surface area contributed by atoms with E-state index in [0.29, 0.717) is 0 Å². The first-order valence-electron chi connectivity index (χ1n) is 4.34. The Morgan fingerprint density at radius 3 is 2.25 bits per heavy atom. The van der Waals surface area contributed by atoms with Gasteiger partial charge >= 0.3 is 35.5 Å². The second kappa shape index (κ2) is 4.91. The van der Waals surface area contributed by atoms with Crippen molar-refractivity contribution < 1.29 is 57.2 Å². The third-order valence-corrected chi connectivity index (χ3v) is 3.85. The molecule has 0 amide bonds. The molecule has 1 rings (SSSR count). The molecule has 8 heteroatoms. The summed E-state index contributed by atoms with van der Waals surface area (Å²) in [4.78, 5) is 11.2. The zero-order valence-electron chi connectivity index (χ0n) is 9.63. The quantitative estimate of drug-likeness (QED) is 0.318. The average molecular weight is 260 g/mol. The molecule has 1 N–H and O–H groups in total. The van der Waals surface area contributed by atoms with Gasteiger partial charge < -0.3 is 14.4 Å². The molecule has 1 saturated carbocycles. The normalized spacial score (nSPS) is 28.8. The molecule has 3 atom stereocenters. The maximum Gasteiger partial charge on any atom is 1.00 e. The van der Waals surface area contributed by atoms with Gasteiger partial charge in [0.25, 0.3) is 0 Å². The third kappa shape index (κ3) is 2.77. The number of rotatable bonds is 3. The minimum atomic E-state index is -4.79. The van der Waals surface area contributed by atoms with Crippen LogP contribution in [0.3, 0.4) is 0 Å². The van der Waals surface area contributed by atoms with Gasteiger partial charge in [-0.2, -0.15) is 0 Å². The molecule has 0 saturated heterocycles. The van der Waals surface area contributed by atoms with Crippen LogP contribution in [0.1, 0.15) is 13.8 Å². The van der Waals surface area contributed by atoms with Gasteiger partial charge in [-0.1, -0.05) is 13.8 Å². The molecule has 3 unspecified atom stereocenters. The minimum Gasteiger partial charge on any atom is -0.746 e. The van der Waals surface area contributed by atoms with Crippen molar-refractivity contribution >= 4 is 16.1 Å². The summed E-state index contributed by atoms with van der Waals surface area (Å²) < 4.78 is 36.3. The summed E-state index contributed by atoms with van der Waals surface area (Å²) in [5.41, 5.74) is -2.76. The van der Waals surface area contributed by atoms with E-state index in [0.717, 1.165) is 0 Å². The molecule has 6 nitrogen and oxygen atoms in total. The van der Waals surface area contributed by atoms with Crippen LogP contribution in [0.2, 0.25) is 0 Å². The van der Waals surface area contributed by atoms with Crippen LogP contribution in [-0.4, -0.2) is 36.6 Å². The zero-order chi connectivity index (χ0) is 12.0. The number of aliphatic hydroxyl groups excluding tert-OH is 1. The zero-order valence-corrected chi connectivity index (χ0v) is 12.4. The summed E-state index contributed by atoms with van der Waals surface area (Å²) in [6, 6.07) is 0. The van der Waals surface area contributed by atoms with Crippen LogP contribution >= 0.6 is 0 Å². The second-order valence-corrected chi connectivity index (χ2v) is 5.70. The van der Waals surface area contributed by atoms with E-state index in [1.807, 2.05) is 0 Å². The summed E-state index contributed by atoms with van der Waals surface area (Å²) in [6.07, 6.45) is 0. The van der Waals surface area contributed by atoms with E-state index in [1.54, 1.807) is 13.8 Å². The van der Waals surface area contributed by atoms with E-state index in [2.05, 4.69) is 4.74 Å². The summed E-state index contributed by atoms with van der Waals surface area (Å²) in [5.74, 6) is -2.22. The van der Waals surface area contributed by atoms with Gasteiger partial charge in [0.1, 0.15) is 15.6 Å². The molecule has 0 aromatic carbocycles. The van der Waals surface area contributed by atoms with Crippen LogP contribution in [0, 0.1) is 17.3 Å². The van der Waals surface area contributed by atoms with Gasteiger partial charge in [0, 0.05) is 5.92 Å². The number of carbonyl (C=O) groups excluding carboxylic acids is 1. The molecular formula is C8H13NaO6S. The monoisotopic (exact) mass is 260 g/mol. The van der Waals surface area contributed by atoms with Crippen molar-refractivity contribution in [2.24, 2.45) is 17.3 Å². The van der Waals surface area contributed by atoms with Crippen molar-refractivity contribution in [3.63, 3.8) is 0 Å². The molecule has 0 aromatic heterocycles. The Bertz CT molecular complexity index is 376. The van der Waals surface area contributed by atoms with Crippen molar-refractivity contribution in [2.75, 3.05) is 7.11 Å². The summed E-state index contributed by atoms with van der Waals surface area (Å²) >= 11 is 0. The number of hydrogen-bond acceptors (Lipinski definition) is 6. The van der Waals surface area contributed by atoms with Crippen LogP contribution in [-0.2, 0) is 19.6 Å². The Labute approximate surface area is 116 Å². The molecule has 0 spiro atoms. The standard InChI is InChI=1S/C8H14O6S.Na/c1-8(2)4(6(9)14-3)5(8)7(10)15(11,12)13;/h4-5,7,10H,1-3H3,(H,11,12,13);/q;+1/p-1. The van der Waals surface area contributed by atoms with Gasteiger partial charge in [-0.25, -0.2) is 8.42 Å². The Balaban J connectivity index is 0.00000225. The molecule has 0 bridgehead atoms. The van der Waals surface area contributed by atoms with Gasteiger partial charge in [0.15, 0.2) is 0 Å². The van der Waals surface area contributed by atoms with Crippen LogP contribution in [0.5, 0.6) is 0 Å². The van der Waals surface area contributed by atoms with E-state index < -0.39 is 38.8 Å². The smallest absolute Gasteiger partial charge is 0.746 e. The van der Waals surface area contributed by atoms with Crippen LogP contribution in [0.4, 0.5) is 0 Å². The predicted octanol–water partition coefficient (Wildman–Crippen LogP) is -3.70. The molecule has 0 radical (unpaired) electrons. The van der Waals surface area contributed by atoms with Gasteiger partial charge in [-0.15, -0.1) is 0 Å². The number of aliphatic hydroxyl groups is 1. The molecule has 0 heterocycles. The fourth-order valence-electron chi connectivity index (χ4n) is 1.97. The van der Waals surface area contributed by atoms with Crippen molar-refractivity contribution in [3.05, 3.63) is 0 Å². The summed E-state index contributed by atoms with van der Waals surface area (Å²) in [5, 5.41) is 9.27. The van der Waals surface area contributed by atoms with Gasteiger partial charge in [-0.05, 0) is 5.41 Å². The van der Waals surface area contributed by atoms with Crippen molar-refractivity contribution in [2.45, 2.75) is 19.3 Å². The summed E-state index contributed by atoms with van der Waals surface area (Å²) in [6.45, 7) is 3.21. The number of ether oxygens (including phenoxy) is 1. The van der Waals surface area contributed by atoms with Crippen molar-refractivity contribution in [1.29, 1.82) is 0 Å². The first kappa shape index (κ1) is 16.3. The maximum atomic E-state index is 11.2.